The van der Waals surface area contributed by atoms with E-state index in [1.165, 1.54) is 5.56 Å². The second-order valence-corrected chi connectivity index (χ2v) is 7.84. The molecule has 0 bridgehead atoms. The Hall–Kier alpha value is -2.59. The van der Waals surface area contributed by atoms with Crippen LogP contribution in [-0.4, -0.2) is 41.6 Å². The maximum Gasteiger partial charge on any atom is 0.191 e. The molecule has 0 radical (unpaired) electrons. The van der Waals surface area contributed by atoms with Gasteiger partial charge in [0.1, 0.15) is 11.9 Å². The fourth-order valence-corrected chi connectivity index (χ4v) is 3.67. The third-order valence-electron chi connectivity index (χ3n) is 5.35. The number of guanidine groups is 1. The highest BCUT2D eigenvalue weighted by atomic mass is 127. The molecule has 0 aliphatic carbocycles. The van der Waals surface area contributed by atoms with Crippen LogP contribution < -0.4 is 15.4 Å². The van der Waals surface area contributed by atoms with Crippen LogP contribution in [0.2, 0.25) is 0 Å². The van der Waals surface area contributed by atoms with Crippen molar-refractivity contribution in [1.29, 1.82) is 0 Å². The minimum absolute atomic E-state index is 0. The molecule has 1 unspecified atom stereocenters. The standard InChI is InChI=1S/C25H31N5O2.HI/c1-3-26-25(27-16-20-7-4-5-8-23(20)30-13-6-12-29-30)28-17-21-10-9-19(2)15-24(21)32-22-11-14-31-18-22;/h4-10,12-13,15,22H,3,11,14,16-18H2,1-2H3,(H2,26,27,28);1H. The zero-order chi connectivity index (χ0) is 22.2. The molecule has 4 rings (SSSR count). The highest BCUT2D eigenvalue weighted by Gasteiger charge is 2.18. The summed E-state index contributed by atoms with van der Waals surface area (Å²) in [5.74, 6) is 1.66. The molecule has 0 spiro atoms. The van der Waals surface area contributed by atoms with Crippen LogP contribution in [0, 0.1) is 6.92 Å². The van der Waals surface area contributed by atoms with Crippen LogP contribution in [0.15, 0.2) is 65.9 Å². The molecule has 33 heavy (non-hydrogen) atoms. The van der Waals surface area contributed by atoms with Crippen molar-refractivity contribution in [2.75, 3.05) is 19.8 Å². The summed E-state index contributed by atoms with van der Waals surface area (Å²) < 4.78 is 13.6. The number of halogens is 1. The van der Waals surface area contributed by atoms with Crippen molar-refractivity contribution in [2.24, 2.45) is 4.99 Å². The molecule has 7 nitrogen and oxygen atoms in total. The molecule has 1 atom stereocenters. The van der Waals surface area contributed by atoms with Gasteiger partial charge in [0.05, 0.1) is 25.4 Å². The summed E-state index contributed by atoms with van der Waals surface area (Å²) in [5.41, 5.74) is 4.43. The third kappa shape index (κ3) is 6.94. The monoisotopic (exact) mass is 561 g/mol. The van der Waals surface area contributed by atoms with Crippen molar-refractivity contribution in [2.45, 2.75) is 39.5 Å². The van der Waals surface area contributed by atoms with E-state index < -0.39 is 0 Å². The van der Waals surface area contributed by atoms with E-state index in [-0.39, 0.29) is 30.1 Å². The number of nitrogens with zero attached hydrogens (tertiary/aromatic N) is 3. The van der Waals surface area contributed by atoms with E-state index in [1.807, 2.05) is 29.1 Å². The zero-order valence-corrected chi connectivity index (χ0v) is 21.5. The smallest absolute Gasteiger partial charge is 0.191 e. The lowest BCUT2D eigenvalue weighted by Gasteiger charge is -2.17. The number of nitrogens with one attached hydrogen (secondary N) is 2. The number of hydrogen-bond acceptors (Lipinski definition) is 4. The Kier molecular flexibility index (Phi) is 9.56. The summed E-state index contributed by atoms with van der Waals surface area (Å²) in [4.78, 5) is 4.82. The van der Waals surface area contributed by atoms with Gasteiger partial charge in [-0.2, -0.15) is 5.10 Å². The summed E-state index contributed by atoms with van der Waals surface area (Å²) >= 11 is 0. The summed E-state index contributed by atoms with van der Waals surface area (Å²) in [6.07, 6.45) is 4.78. The summed E-state index contributed by atoms with van der Waals surface area (Å²) in [5, 5.41) is 11.2. The molecule has 176 valence electrons. The van der Waals surface area contributed by atoms with Gasteiger partial charge in [0.25, 0.3) is 0 Å². The van der Waals surface area contributed by atoms with Gasteiger partial charge in [-0.3, -0.25) is 0 Å². The lowest BCUT2D eigenvalue weighted by atomic mass is 10.1. The molecule has 2 aromatic carbocycles. The van der Waals surface area contributed by atoms with Crippen LogP contribution in [0.4, 0.5) is 0 Å². The molecule has 2 N–H and O–H groups in total. The minimum atomic E-state index is 0. The molecule has 8 heteroatoms. The fourth-order valence-electron chi connectivity index (χ4n) is 3.67. The largest absolute Gasteiger partial charge is 0.488 e. The molecule has 2 heterocycles. The van der Waals surface area contributed by atoms with Crippen LogP contribution in [0.25, 0.3) is 5.69 Å². The van der Waals surface area contributed by atoms with Crippen LogP contribution in [0.1, 0.15) is 30.0 Å². The molecule has 1 fully saturated rings. The number of aliphatic imine (C=N–C) groups is 1. The van der Waals surface area contributed by atoms with Gasteiger partial charge in [0, 0.05) is 37.5 Å². The van der Waals surface area contributed by atoms with Crippen LogP contribution >= 0.6 is 24.0 Å². The molecular weight excluding hydrogens is 529 g/mol. The van der Waals surface area contributed by atoms with Crippen molar-refractivity contribution in [3.8, 4) is 11.4 Å². The maximum atomic E-state index is 6.22. The Bertz CT molecular complexity index is 1030. The molecule has 1 aromatic heterocycles. The second kappa shape index (κ2) is 12.6. The van der Waals surface area contributed by atoms with E-state index in [9.17, 15) is 0 Å². The Balaban J connectivity index is 0.00000306. The minimum Gasteiger partial charge on any atom is -0.488 e. The lowest BCUT2D eigenvalue weighted by Crippen LogP contribution is -2.37. The first-order valence-corrected chi connectivity index (χ1v) is 11.2. The van der Waals surface area contributed by atoms with Gasteiger partial charge in [0.15, 0.2) is 5.96 Å². The number of hydrogen-bond donors (Lipinski definition) is 2. The SMILES string of the molecule is CCNC(=NCc1ccc(C)cc1OC1CCOC1)NCc1ccccc1-n1cccn1.I. The van der Waals surface area contributed by atoms with Crippen molar-refractivity contribution in [3.63, 3.8) is 0 Å². The fraction of sp³-hybridized carbons (Fsp3) is 0.360. The van der Waals surface area contributed by atoms with Gasteiger partial charge in [-0.15, -0.1) is 24.0 Å². The Labute approximate surface area is 212 Å². The molecule has 1 aliphatic rings. The number of benzene rings is 2. The zero-order valence-electron chi connectivity index (χ0n) is 19.2. The topological polar surface area (TPSA) is 72.7 Å². The molecule has 1 saturated heterocycles. The average Bonchev–Trinajstić information content (AvgIpc) is 3.51. The first-order valence-electron chi connectivity index (χ1n) is 11.2. The number of ether oxygens (including phenoxy) is 2. The van der Waals surface area contributed by atoms with Crippen LogP contribution in [-0.2, 0) is 17.8 Å². The van der Waals surface area contributed by atoms with E-state index in [0.717, 1.165) is 48.1 Å². The highest BCUT2D eigenvalue weighted by molar-refractivity contribution is 14.0. The molecule has 0 amide bonds. The van der Waals surface area contributed by atoms with Crippen molar-refractivity contribution >= 4 is 29.9 Å². The normalized spacial score (nSPS) is 15.7. The van der Waals surface area contributed by atoms with Gasteiger partial charge in [0.2, 0.25) is 0 Å². The summed E-state index contributed by atoms with van der Waals surface area (Å²) in [6, 6.07) is 16.4. The van der Waals surface area contributed by atoms with E-state index in [0.29, 0.717) is 19.7 Å². The van der Waals surface area contributed by atoms with Gasteiger partial charge >= 0.3 is 0 Å². The predicted molar refractivity (Wildman–Crippen MR) is 142 cm³/mol. The Morgan fingerprint density at radius 1 is 1.18 bits per heavy atom. The lowest BCUT2D eigenvalue weighted by molar-refractivity contribution is 0.140. The van der Waals surface area contributed by atoms with Gasteiger partial charge in [-0.1, -0.05) is 30.3 Å². The van der Waals surface area contributed by atoms with Crippen molar-refractivity contribution < 1.29 is 9.47 Å². The maximum absolute atomic E-state index is 6.22. The van der Waals surface area contributed by atoms with E-state index >= 15 is 0 Å². The molecular formula is C25H32IN5O2. The number of para-hydroxylation sites is 1. The number of aromatic nitrogens is 2. The first-order chi connectivity index (χ1) is 15.7. The van der Waals surface area contributed by atoms with Gasteiger partial charge in [-0.05, 0) is 43.2 Å². The quantitative estimate of drug-likeness (QED) is 0.245. The van der Waals surface area contributed by atoms with Gasteiger partial charge in [-0.25, -0.2) is 9.67 Å². The molecule has 3 aromatic rings. The summed E-state index contributed by atoms with van der Waals surface area (Å²) in [6.45, 7) is 7.50. The van der Waals surface area contributed by atoms with Crippen LogP contribution in [0.3, 0.4) is 0 Å². The predicted octanol–water partition coefficient (Wildman–Crippen LogP) is 4.22. The second-order valence-electron chi connectivity index (χ2n) is 7.84. The average molecular weight is 561 g/mol. The van der Waals surface area contributed by atoms with Crippen molar-refractivity contribution in [3.05, 3.63) is 77.6 Å². The highest BCUT2D eigenvalue weighted by Crippen LogP contribution is 2.24. The van der Waals surface area contributed by atoms with E-state index in [1.54, 1.807) is 6.20 Å². The first kappa shape index (κ1) is 25.0. The Morgan fingerprint density at radius 2 is 2.06 bits per heavy atom. The van der Waals surface area contributed by atoms with Crippen molar-refractivity contribution in [1.82, 2.24) is 20.4 Å². The van der Waals surface area contributed by atoms with E-state index in [2.05, 4.69) is 59.9 Å². The molecule has 0 saturated carbocycles. The van der Waals surface area contributed by atoms with E-state index in [4.69, 9.17) is 14.5 Å². The Morgan fingerprint density at radius 3 is 2.82 bits per heavy atom. The number of aryl methyl sites for hydroxylation is 1. The number of rotatable bonds is 8. The third-order valence-corrected chi connectivity index (χ3v) is 5.35. The van der Waals surface area contributed by atoms with Gasteiger partial charge < -0.3 is 20.1 Å². The molecule has 1 aliphatic heterocycles. The van der Waals surface area contributed by atoms with Crippen LogP contribution in [0.5, 0.6) is 5.75 Å². The summed E-state index contributed by atoms with van der Waals surface area (Å²) in [7, 11) is 0.